The number of aromatic nitrogens is 4. The van der Waals surface area contributed by atoms with Crippen molar-refractivity contribution < 1.29 is 24.1 Å². The lowest BCUT2D eigenvalue weighted by molar-refractivity contribution is -0.255. The van der Waals surface area contributed by atoms with Crippen molar-refractivity contribution in [3.8, 4) is 0 Å². The molecule has 7 rings (SSSR count). The summed E-state index contributed by atoms with van der Waals surface area (Å²) >= 11 is 0. The Hall–Kier alpha value is -2.08. The molecule has 5 fully saturated rings. The number of carboxylic acid groups (broad SMARTS) is 1. The van der Waals surface area contributed by atoms with Crippen molar-refractivity contribution in [1.29, 1.82) is 0 Å². The molecule has 2 aliphatic heterocycles. The Morgan fingerprint density at radius 2 is 1.82 bits per heavy atom. The second-order valence-corrected chi connectivity index (χ2v) is 18.5. The van der Waals surface area contributed by atoms with Crippen LogP contribution in [-0.2, 0) is 19.0 Å². The van der Waals surface area contributed by atoms with Crippen LogP contribution >= 0.6 is 0 Å². The van der Waals surface area contributed by atoms with Crippen molar-refractivity contribution in [3.05, 3.63) is 11.6 Å². The Kier molecular flexibility index (Phi) is 8.64. The monoisotopic (exact) mass is 682 g/mol. The summed E-state index contributed by atoms with van der Waals surface area (Å²) in [4.78, 5) is 15.2. The first-order valence-electron chi connectivity index (χ1n) is 19.1. The molecule has 2 bridgehead atoms. The molecule has 11 heteroatoms. The first kappa shape index (κ1) is 35.3. The number of allylic oxidation sites excluding steroid dienone is 1. The van der Waals surface area contributed by atoms with Gasteiger partial charge in [-0.3, -0.25) is 4.79 Å². The molecule has 2 saturated heterocycles. The number of likely N-dealkylation sites (N-methyl/N-ethyl adjacent to an activating group) is 1. The van der Waals surface area contributed by atoms with Crippen molar-refractivity contribution in [2.45, 2.75) is 118 Å². The summed E-state index contributed by atoms with van der Waals surface area (Å²) in [5.41, 5.74) is 6.15. The van der Waals surface area contributed by atoms with Gasteiger partial charge in [-0.25, -0.2) is 0 Å². The van der Waals surface area contributed by atoms with Crippen LogP contribution in [0.2, 0.25) is 0 Å². The molecule has 274 valence electrons. The number of anilines is 1. The zero-order valence-electron chi connectivity index (χ0n) is 31.3. The second-order valence-electron chi connectivity index (χ2n) is 18.5. The summed E-state index contributed by atoms with van der Waals surface area (Å²) in [6.45, 7) is 19.5. The molecule has 1 aromatic heterocycles. The Bertz CT molecular complexity index is 1460. The van der Waals surface area contributed by atoms with Crippen molar-refractivity contribution in [2.24, 2.45) is 56.7 Å². The van der Waals surface area contributed by atoms with Crippen LogP contribution in [0.4, 0.5) is 5.95 Å². The maximum absolute atomic E-state index is 13.5. The van der Waals surface area contributed by atoms with E-state index in [2.05, 4.69) is 75.3 Å². The highest BCUT2D eigenvalue weighted by Crippen LogP contribution is 2.75. The summed E-state index contributed by atoms with van der Waals surface area (Å²) in [5, 5.41) is 27.9. The van der Waals surface area contributed by atoms with Crippen LogP contribution in [0.5, 0.6) is 0 Å². The van der Waals surface area contributed by atoms with Gasteiger partial charge in [-0.05, 0) is 104 Å². The Balaban J connectivity index is 1.29. The minimum atomic E-state index is -0.628. The van der Waals surface area contributed by atoms with Crippen molar-refractivity contribution in [3.63, 3.8) is 0 Å². The fourth-order valence-corrected chi connectivity index (χ4v) is 13.0. The molecule has 4 N–H and O–H groups in total. The lowest BCUT2D eigenvalue weighted by Crippen LogP contribution is -2.69. The number of ether oxygens (including phenoxy) is 3. The predicted octanol–water partition coefficient (Wildman–Crippen LogP) is 5.54. The SMILES string of the molecule is CNC1(CO[C@H]2[C@H](n3nnc(N)n3)C[C@@]34COC[C@@]2(C)[C@@H]3CC[C@H]2C4=CC[C@@]3(C)[C@H](C(=O)O)[C@@](C)([C@H](C)C(C)C)CC[C@]23C)CCOCC1. The number of rotatable bonds is 8. The van der Waals surface area contributed by atoms with Crippen molar-refractivity contribution >= 4 is 11.9 Å². The summed E-state index contributed by atoms with van der Waals surface area (Å²) in [7, 11) is 2.03. The molecule has 11 nitrogen and oxygen atoms in total. The van der Waals surface area contributed by atoms with Gasteiger partial charge < -0.3 is 30.4 Å². The van der Waals surface area contributed by atoms with Gasteiger partial charge in [0.15, 0.2) is 0 Å². The molecule has 0 radical (unpaired) electrons. The number of carboxylic acids is 1. The highest BCUT2D eigenvalue weighted by Gasteiger charge is 2.72. The molecular formula is C38H62N6O5. The number of nitrogens with one attached hydrogen (secondary N) is 1. The highest BCUT2D eigenvalue weighted by atomic mass is 16.5. The van der Waals surface area contributed by atoms with Crippen LogP contribution < -0.4 is 11.1 Å². The van der Waals surface area contributed by atoms with Crippen LogP contribution in [0.1, 0.15) is 106 Å². The fraction of sp³-hybridized carbons (Fsp3) is 0.895. The molecule has 3 heterocycles. The number of hydrogen-bond donors (Lipinski definition) is 3. The fourth-order valence-electron chi connectivity index (χ4n) is 13.0. The van der Waals surface area contributed by atoms with E-state index in [1.165, 1.54) is 5.57 Å². The van der Waals surface area contributed by atoms with E-state index in [0.717, 1.165) is 64.6 Å². The van der Waals surface area contributed by atoms with Gasteiger partial charge in [0.05, 0.1) is 31.8 Å². The van der Waals surface area contributed by atoms with Gasteiger partial charge in [0.2, 0.25) is 0 Å². The Morgan fingerprint density at radius 1 is 1.08 bits per heavy atom. The van der Waals surface area contributed by atoms with Crippen LogP contribution in [0.15, 0.2) is 11.6 Å². The van der Waals surface area contributed by atoms with E-state index in [1.54, 1.807) is 4.80 Å². The van der Waals surface area contributed by atoms with Gasteiger partial charge in [0.25, 0.3) is 5.95 Å². The molecule has 0 unspecified atom stereocenters. The molecule has 1 aromatic rings. The van der Waals surface area contributed by atoms with Crippen LogP contribution in [0, 0.1) is 56.7 Å². The third kappa shape index (κ3) is 4.94. The zero-order valence-corrected chi connectivity index (χ0v) is 31.3. The number of nitrogens with zero attached hydrogens (tertiary/aromatic N) is 4. The standard InChI is InChI=1S/C38H62N6O5/c1-23(2)24(3)33(4)13-14-35(6)25-9-10-28-34(5)20-48-22-38(28,26(25)11-12-36(35,7)29(33)31(45)46)19-27(44-42-32(39)41-43-44)30(34)49-21-37(40-8)15-17-47-18-16-37/h11,23-25,27-30,40H,9-10,12-22H2,1-8H3,(H2,39,42)(H,45,46)/t24-,25+,27-,28+,29-,30+,33-,34+,35-,36+,38+/m1/s1. The average molecular weight is 683 g/mol. The topological polar surface area (TPSA) is 147 Å². The maximum atomic E-state index is 13.5. The van der Waals surface area contributed by atoms with E-state index < -0.39 is 11.9 Å². The molecule has 0 aromatic carbocycles. The van der Waals surface area contributed by atoms with Gasteiger partial charge in [-0.15, -0.1) is 5.10 Å². The first-order valence-corrected chi connectivity index (χ1v) is 19.1. The second kappa shape index (κ2) is 12.0. The third-order valence-corrected chi connectivity index (χ3v) is 16.3. The Labute approximate surface area is 292 Å². The molecule has 11 atom stereocenters. The summed E-state index contributed by atoms with van der Waals surface area (Å²) < 4.78 is 19.6. The van der Waals surface area contributed by atoms with E-state index in [1.807, 2.05) is 7.05 Å². The number of aliphatic carboxylic acids is 1. The van der Waals surface area contributed by atoms with Gasteiger partial charge in [-0.2, -0.15) is 4.80 Å². The first-order chi connectivity index (χ1) is 23.1. The van der Waals surface area contributed by atoms with Crippen molar-refractivity contribution in [2.75, 3.05) is 45.8 Å². The van der Waals surface area contributed by atoms with Crippen LogP contribution in [0.3, 0.4) is 0 Å². The third-order valence-electron chi connectivity index (χ3n) is 16.3. The zero-order chi connectivity index (χ0) is 35.2. The van der Waals surface area contributed by atoms with Gasteiger partial charge in [0, 0.05) is 29.6 Å². The molecule has 4 aliphatic carbocycles. The smallest absolute Gasteiger partial charge is 0.307 e. The number of fused-ring (bicyclic) bond motifs is 3. The van der Waals surface area contributed by atoms with Gasteiger partial charge in [0.1, 0.15) is 6.04 Å². The van der Waals surface area contributed by atoms with Crippen LogP contribution in [0.25, 0.3) is 0 Å². The minimum Gasteiger partial charge on any atom is -0.481 e. The quantitative estimate of drug-likeness (QED) is 0.299. The largest absolute Gasteiger partial charge is 0.481 e. The summed E-state index contributed by atoms with van der Waals surface area (Å²) in [5.74, 6) is 0.502. The minimum absolute atomic E-state index is 0.148. The number of nitrogens with two attached hydrogens (primary N) is 1. The van der Waals surface area contributed by atoms with E-state index in [9.17, 15) is 9.90 Å². The molecular weight excluding hydrogens is 620 g/mol. The molecule has 0 amide bonds. The molecule has 3 saturated carbocycles. The number of tetrazole rings is 1. The lowest BCUT2D eigenvalue weighted by Gasteiger charge is -2.71. The molecule has 49 heavy (non-hydrogen) atoms. The predicted molar refractivity (Wildman–Crippen MR) is 186 cm³/mol. The van der Waals surface area contributed by atoms with E-state index >= 15 is 0 Å². The summed E-state index contributed by atoms with van der Waals surface area (Å²) in [6.07, 6.45) is 9.74. The number of hydrogen-bond acceptors (Lipinski definition) is 9. The molecule has 6 aliphatic rings. The average Bonchev–Trinajstić information content (AvgIpc) is 3.50. The normalized spacial score (nSPS) is 45.1. The van der Waals surface area contributed by atoms with Gasteiger partial charge >= 0.3 is 5.97 Å². The van der Waals surface area contributed by atoms with E-state index in [4.69, 9.17) is 19.9 Å². The highest BCUT2D eigenvalue weighted by molar-refractivity contribution is 5.73. The summed E-state index contributed by atoms with van der Waals surface area (Å²) in [6, 6.07) is -0.169. The van der Waals surface area contributed by atoms with E-state index in [0.29, 0.717) is 37.6 Å². The number of nitrogen functional groups attached to an aromatic ring is 1. The molecule has 0 spiro atoms. The Morgan fingerprint density at radius 3 is 2.45 bits per heavy atom. The van der Waals surface area contributed by atoms with E-state index in [-0.39, 0.29) is 56.6 Å². The lowest BCUT2D eigenvalue weighted by atomic mass is 9.34. The van der Waals surface area contributed by atoms with Crippen molar-refractivity contribution in [1.82, 2.24) is 25.5 Å². The number of carbonyl (C=O) groups is 1. The van der Waals surface area contributed by atoms with Crippen LogP contribution in [-0.4, -0.2) is 83.0 Å². The maximum Gasteiger partial charge on any atom is 0.307 e. The van der Waals surface area contributed by atoms with Gasteiger partial charge in [-0.1, -0.05) is 65.2 Å².